The molecule has 0 heterocycles. The molecule has 0 aliphatic heterocycles. The van der Waals surface area contributed by atoms with E-state index >= 15 is 0 Å². The van der Waals surface area contributed by atoms with Crippen LogP contribution in [-0.2, 0) is 21.2 Å². The van der Waals surface area contributed by atoms with Crippen molar-refractivity contribution in [3.05, 3.63) is 29.8 Å². The Kier molecular flexibility index (Phi) is 7.24. The summed E-state index contributed by atoms with van der Waals surface area (Å²) >= 11 is 0. The highest BCUT2D eigenvalue weighted by atomic mass is 32.2. The lowest BCUT2D eigenvalue weighted by molar-refractivity contribution is -0.121. The first-order valence-electron chi connectivity index (χ1n) is 9.58. The molecular weight excluding hydrogens is 348 g/mol. The van der Waals surface area contributed by atoms with E-state index in [0.717, 1.165) is 18.4 Å². The Labute approximate surface area is 158 Å². The molecule has 146 valence electrons. The van der Waals surface area contributed by atoms with Crippen molar-refractivity contribution in [2.75, 3.05) is 0 Å². The Morgan fingerprint density at radius 2 is 1.62 bits per heavy atom. The van der Waals surface area contributed by atoms with E-state index in [1.807, 2.05) is 20.8 Å². The van der Waals surface area contributed by atoms with Crippen molar-refractivity contribution >= 4 is 15.9 Å². The van der Waals surface area contributed by atoms with Crippen LogP contribution in [0.2, 0.25) is 0 Å². The van der Waals surface area contributed by atoms with Crippen molar-refractivity contribution in [2.45, 2.75) is 88.6 Å². The molecule has 1 fully saturated rings. The zero-order valence-electron chi connectivity index (χ0n) is 16.2. The van der Waals surface area contributed by atoms with Crippen molar-refractivity contribution in [3.63, 3.8) is 0 Å². The van der Waals surface area contributed by atoms with E-state index in [2.05, 4.69) is 10.0 Å². The molecule has 2 rings (SSSR count). The maximum absolute atomic E-state index is 12.3. The molecule has 0 saturated heterocycles. The van der Waals surface area contributed by atoms with E-state index in [-0.39, 0.29) is 10.8 Å². The minimum absolute atomic E-state index is 0.0861. The first-order valence-corrected chi connectivity index (χ1v) is 11.1. The van der Waals surface area contributed by atoms with E-state index in [1.165, 1.54) is 25.7 Å². The second-order valence-corrected chi connectivity index (χ2v) is 9.94. The number of carbonyl (C=O) groups excluding carboxylic acids is 1. The number of nitrogens with one attached hydrogen (secondary N) is 2. The lowest BCUT2D eigenvalue weighted by Gasteiger charge is -2.20. The second kappa shape index (κ2) is 9.00. The molecule has 1 amide bonds. The van der Waals surface area contributed by atoms with Crippen molar-refractivity contribution in [1.29, 1.82) is 0 Å². The van der Waals surface area contributed by atoms with Gasteiger partial charge in [-0.05, 0) is 57.7 Å². The van der Waals surface area contributed by atoms with Crippen LogP contribution < -0.4 is 10.0 Å². The summed E-state index contributed by atoms with van der Waals surface area (Å²) in [7, 11) is -3.52. The van der Waals surface area contributed by atoms with E-state index in [4.69, 9.17) is 0 Å². The van der Waals surface area contributed by atoms with Gasteiger partial charge in [-0.2, -0.15) is 0 Å². The summed E-state index contributed by atoms with van der Waals surface area (Å²) in [4.78, 5) is 12.4. The highest BCUT2D eigenvalue weighted by Gasteiger charge is 2.21. The smallest absolute Gasteiger partial charge is 0.241 e. The fourth-order valence-corrected chi connectivity index (χ4v) is 4.70. The fourth-order valence-electron chi connectivity index (χ4n) is 3.28. The second-order valence-electron chi connectivity index (χ2n) is 8.26. The molecule has 1 saturated carbocycles. The SMILES string of the molecule is CC(C)(C)NS(=O)(=O)c1ccc(CCC(=O)NC2CCCCCC2)cc1. The molecule has 0 aromatic heterocycles. The molecule has 1 aromatic rings. The third-order valence-corrected chi connectivity index (χ3v) is 6.31. The van der Waals surface area contributed by atoms with E-state index in [9.17, 15) is 13.2 Å². The van der Waals surface area contributed by atoms with Gasteiger partial charge in [0.25, 0.3) is 0 Å². The number of sulfonamides is 1. The summed E-state index contributed by atoms with van der Waals surface area (Å²) in [5.41, 5.74) is 0.448. The predicted octanol–water partition coefficient (Wildman–Crippen LogP) is 3.54. The average molecular weight is 381 g/mol. The number of hydrogen-bond acceptors (Lipinski definition) is 3. The van der Waals surface area contributed by atoms with Gasteiger partial charge in [0.1, 0.15) is 0 Å². The van der Waals surface area contributed by atoms with Gasteiger partial charge in [0.2, 0.25) is 15.9 Å². The maximum Gasteiger partial charge on any atom is 0.241 e. The molecule has 5 nitrogen and oxygen atoms in total. The van der Waals surface area contributed by atoms with Gasteiger partial charge >= 0.3 is 0 Å². The van der Waals surface area contributed by atoms with Crippen LogP contribution in [0, 0.1) is 0 Å². The van der Waals surface area contributed by atoms with Gasteiger partial charge in [0.15, 0.2) is 0 Å². The summed E-state index contributed by atoms with van der Waals surface area (Å²) in [6.45, 7) is 5.43. The standard InChI is InChI=1S/C20H32N2O3S/c1-20(2,3)22-26(24,25)18-13-10-16(11-14-18)12-15-19(23)21-17-8-6-4-5-7-9-17/h10-11,13-14,17,22H,4-9,12,15H2,1-3H3,(H,21,23). The first kappa shape index (κ1) is 20.9. The molecule has 0 spiro atoms. The quantitative estimate of drug-likeness (QED) is 0.741. The number of hydrogen-bond donors (Lipinski definition) is 2. The molecule has 0 unspecified atom stereocenters. The largest absolute Gasteiger partial charge is 0.353 e. The summed E-state index contributed by atoms with van der Waals surface area (Å²) in [6, 6.07) is 7.10. The predicted molar refractivity (Wildman–Crippen MR) is 104 cm³/mol. The van der Waals surface area contributed by atoms with Gasteiger partial charge in [-0.25, -0.2) is 13.1 Å². The monoisotopic (exact) mass is 380 g/mol. The maximum atomic E-state index is 12.3. The lowest BCUT2D eigenvalue weighted by Crippen LogP contribution is -2.40. The van der Waals surface area contributed by atoms with Gasteiger partial charge in [-0.15, -0.1) is 0 Å². The molecular formula is C20H32N2O3S. The Bertz CT molecular complexity index is 683. The van der Waals surface area contributed by atoms with Crippen LogP contribution in [0.3, 0.4) is 0 Å². The van der Waals surface area contributed by atoms with Crippen LogP contribution >= 0.6 is 0 Å². The number of benzene rings is 1. The Hall–Kier alpha value is -1.40. The van der Waals surface area contributed by atoms with Crippen LogP contribution in [0.1, 0.15) is 71.3 Å². The zero-order chi connectivity index (χ0) is 19.2. The summed E-state index contributed by atoms with van der Waals surface area (Å²) in [5, 5.41) is 3.15. The highest BCUT2D eigenvalue weighted by molar-refractivity contribution is 7.89. The fraction of sp³-hybridized carbons (Fsp3) is 0.650. The third-order valence-electron chi connectivity index (χ3n) is 4.54. The topological polar surface area (TPSA) is 75.3 Å². The Morgan fingerprint density at radius 1 is 1.04 bits per heavy atom. The van der Waals surface area contributed by atoms with Gasteiger partial charge < -0.3 is 5.32 Å². The molecule has 0 atom stereocenters. The number of carbonyl (C=O) groups is 1. The molecule has 0 radical (unpaired) electrons. The first-order chi connectivity index (χ1) is 12.2. The minimum Gasteiger partial charge on any atom is -0.353 e. The van der Waals surface area contributed by atoms with Crippen LogP contribution in [0.4, 0.5) is 0 Å². The van der Waals surface area contributed by atoms with Crippen LogP contribution in [0.25, 0.3) is 0 Å². The molecule has 1 aromatic carbocycles. The summed E-state index contributed by atoms with van der Waals surface area (Å²) in [5.74, 6) is 0.0861. The number of aryl methyl sites for hydroxylation is 1. The summed E-state index contributed by atoms with van der Waals surface area (Å²) < 4.78 is 27.2. The molecule has 6 heteroatoms. The van der Waals surface area contributed by atoms with E-state index in [1.54, 1.807) is 24.3 Å². The van der Waals surface area contributed by atoms with Gasteiger partial charge in [-0.3, -0.25) is 4.79 Å². The van der Waals surface area contributed by atoms with Gasteiger partial charge in [-0.1, -0.05) is 37.8 Å². The molecule has 1 aliphatic rings. The molecule has 0 bridgehead atoms. The molecule has 2 N–H and O–H groups in total. The zero-order valence-corrected chi connectivity index (χ0v) is 17.0. The minimum atomic E-state index is -3.52. The van der Waals surface area contributed by atoms with Crippen molar-refractivity contribution < 1.29 is 13.2 Å². The van der Waals surface area contributed by atoms with E-state index < -0.39 is 15.6 Å². The highest BCUT2D eigenvalue weighted by Crippen LogP contribution is 2.18. The van der Waals surface area contributed by atoms with Crippen molar-refractivity contribution in [3.8, 4) is 0 Å². The van der Waals surface area contributed by atoms with Crippen LogP contribution in [-0.4, -0.2) is 25.9 Å². The van der Waals surface area contributed by atoms with Crippen LogP contribution in [0.5, 0.6) is 0 Å². The number of amides is 1. The normalized spacial score (nSPS) is 16.9. The van der Waals surface area contributed by atoms with E-state index in [0.29, 0.717) is 18.9 Å². The number of rotatable bonds is 6. The van der Waals surface area contributed by atoms with Gasteiger partial charge in [0.05, 0.1) is 4.90 Å². The summed E-state index contributed by atoms with van der Waals surface area (Å²) in [6.07, 6.45) is 8.15. The average Bonchev–Trinajstić information content (AvgIpc) is 2.80. The Balaban J connectivity index is 1.86. The molecule has 1 aliphatic carbocycles. The Morgan fingerprint density at radius 3 is 2.15 bits per heavy atom. The van der Waals surface area contributed by atoms with Crippen LogP contribution in [0.15, 0.2) is 29.2 Å². The molecule has 26 heavy (non-hydrogen) atoms. The van der Waals surface area contributed by atoms with Crippen molar-refractivity contribution in [2.24, 2.45) is 0 Å². The third kappa shape index (κ3) is 7.08. The van der Waals surface area contributed by atoms with Crippen molar-refractivity contribution in [1.82, 2.24) is 10.0 Å². The van der Waals surface area contributed by atoms with Gasteiger partial charge in [0, 0.05) is 18.0 Å². The lowest BCUT2D eigenvalue weighted by atomic mass is 10.1.